The Morgan fingerprint density at radius 1 is 1.44 bits per heavy atom. The smallest absolute Gasteiger partial charge is 0.167 e. The van der Waals surface area contributed by atoms with Gasteiger partial charge in [0, 0.05) is 18.1 Å². The van der Waals surface area contributed by atoms with Crippen molar-refractivity contribution in [1.82, 2.24) is 0 Å². The van der Waals surface area contributed by atoms with Crippen molar-refractivity contribution >= 4 is 15.9 Å². The van der Waals surface area contributed by atoms with Crippen molar-refractivity contribution in [3.05, 3.63) is 21.9 Å². The Morgan fingerprint density at radius 2 is 2.19 bits per heavy atom. The van der Waals surface area contributed by atoms with Crippen molar-refractivity contribution in [3.63, 3.8) is 0 Å². The van der Waals surface area contributed by atoms with Crippen LogP contribution in [0.3, 0.4) is 0 Å². The number of halogens is 2. The molecule has 0 unspecified atom stereocenters. The average molecular weight is 292 g/mol. The summed E-state index contributed by atoms with van der Waals surface area (Å²) in [5, 5.41) is 0. The maximum atomic E-state index is 13.8. The molecule has 88 valence electrons. The number of hydrogen-bond acceptors (Lipinski definition) is 4. The summed E-state index contributed by atoms with van der Waals surface area (Å²) in [6, 6.07) is 1.57. The maximum absolute atomic E-state index is 13.8. The lowest BCUT2D eigenvalue weighted by molar-refractivity contribution is 0.136. The van der Waals surface area contributed by atoms with Crippen LogP contribution in [0.1, 0.15) is 5.56 Å². The van der Waals surface area contributed by atoms with Gasteiger partial charge in [-0.25, -0.2) is 10.3 Å². The fourth-order valence-electron chi connectivity index (χ4n) is 1.58. The first-order valence-corrected chi connectivity index (χ1v) is 5.61. The molecule has 1 aliphatic rings. The first kappa shape index (κ1) is 11.6. The van der Waals surface area contributed by atoms with Crippen molar-refractivity contribution in [2.75, 3.05) is 19.8 Å². The van der Waals surface area contributed by atoms with Crippen LogP contribution in [-0.2, 0) is 11.3 Å². The molecular formula is C10H11BrFNO3. The van der Waals surface area contributed by atoms with E-state index in [9.17, 15) is 4.39 Å². The Hall–Kier alpha value is -0.850. The molecule has 4 nitrogen and oxygen atoms in total. The van der Waals surface area contributed by atoms with Crippen LogP contribution in [0.25, 0.3) is 0 Å². The normalized spacial score (nSPS) is 13.9. The molecule has 1 heterocycles. The quantitative estimate of drug-likeness (QED) is 0.863. The van der Waals surface area contributed by atoms with E-state index in [1.807, 2.05) is 0 Å². The zero-order chi connectivity index (χ0) is 11.5. The zero-order valence-corrected chi connectivity index (χ0v) is 10.0. The van der Waals surface area contributed by atoms with Gasteiger partial charge in [0.2, 0.25) is 0 Å². The number of ether oxygens (including phenoxy) is 2. The van der Waals surface area contributed by atoms with Gasteiger partial charge >= 0.3 is 0 Å². The molecule has 1 aromatic rings. The summed E-state index contributed by atoms with van der Waals surface area (Å²) in [5.74, 6) is 5.57. The summed E-state index contributed by atoms with van der Waals surface area (Å²) in [4.78, 5) is 4.45. The van der Waals surface area contributed by atoms with Crippen LogP contribution < -0.4 is 15.4 Å². The van der Waals surface area contributed by atoms with Gasteiger partial charge in [-0.15, -0.1) is 0 Å². The summed E-state index contributed by atoms with van der Waals surface area (Å²) < 4.78 is 25.0. The molecule has 0 fully saturated rings. The molecule has 1 aliphatic heterocycles. The van der Waals surface area contributed by atoms with Crippen LogP contribution in [0.15, 0.2) is 10.5 Å². The standard InChI is InChI=1S/C10H11BrFNO3/c11-7-5-8-10(15-4-3-14-8)6(9(7)12)1-2-16-13/h5H,1-4,13H2. The molecule has 0 aliphatic carbocycles. The average Bonchev–Trinajstić information content (AvgIpc) is 2.30. The lowest BCUT2D eigenvalue weighted by atomic mass is 10.1. The van der Waals surface area contributed by atoms with Gasteiger partial charge in [-0.1, -0.05) is 0 Å². The topological polar surface area (TPSA) is 53.7 Å². The zero-order valence-electron chi connectivity index (χ0n) is 8.46. The van der Waals surface area contributed by atoms with E-state index in [4.69, 9.17) is 15.4 Å². The van der Waals surface area contributed by atoms with Crippen LogP contribution in [0.2, 0.25) is 0 Å². The van der Waals surface area contributed by atoms with E-state index in [0.29, 0.717) is 41.2 Å². The molecular weight excluding hydrogens is 281 g/mol. The Kier molecular flexibility index (Phi) is 3.63. The highest BCUT2D eigenvalue weighted by molar-refractivity contribution is 9.10. The molecule has 0 aromatic heterocycles. The molecule has 2 N–H and O–H groups in total. The van der Waals surface area contributed by atoms with Crippen LogP contribution in [0, 0.1) is 5.82 Å². The molecule has 0 saturated heterocycles. The third-order valence-electron chi connectivity index (χ3n) is 2.29. The van der Waals surface area contributed by atoms with E-state index >= 15 is 0 Å². The van der Waals surface area contributed by atoms with E-state index < -0.39 is 0 Å². The van der Waals surface area contributed by atoms with Crippen molar-refractivity contribution in [1.29, 1.82) is 0 Å². The Morgan fingerprint density at radius 3 is 2.94 bits per heavy atom. The predicted octanol–water partition coefficient (Wildman–Crippen LogP) is 1.79. The SMILES string of the molecule is NOCCc1c(F)c(Br)cc2c1OCCO2. The van der Waals surface area contributed by atoms with Crippen LogP contribution >= 0.6 is 15.9 Å². The highest BCUT2D eigenvalue weighted by Gasteiger charge is 2.22. The largest absolute Gasteiger partial charge is 0.486 e. The van der Waals surface area contributed by atoms with Crippen LogP contribution in [0.4, 0.5) is 4.39 Å². The summed E-state index contributed by atoms with van der Waals surface area (Å²) in [7, 11) is 0. The van der Waals surface area contributed by atoms with Crippen LogP contribution in [-0.4, -0.2) is 19.8 Å². The molecule has 0 radical (unpaired) electrons. The maximum Gasteiger partial charge on any atom is 0.167 e. The lowest BCUT2D eigenvalue weighted by Gasteiger charge is -2.22. The van der Waals surface area contributed by atoms with Gasteiger partial charge in [-0.3, -0.25) is 0 Å². The molecule has 0 bridgehead atoms. The van der Waals surface area contributed by atoms with Crippen molar-refractivity contribution in [2.45, 2.75) is 6.42 Å². The summed E-state index contributed by atoms with van der Waals surface area (Å²) in [5.41, 5.74) is 0.425. The monoisotopic (exact) mass is 291 g/mol. The molecule has 2 rings (SSSR count). The van der Waals surface area contributed by atoms with E-state index in [1.54, 1.807) is 6.07 Å². The van der Waals surface area contributed by atoms with Crippen molar-refractivity contribution < 1.29 is 18.7 Å². The minimum Gasteiger partial charge on any atom is -0.486 e. The van der Waals surface area contributed by atoms with Gasteiger partial charge in [-0.2, -0.15) is 0 Å². The fraction of sp³-hybridized carbons (Fsp3) is 0.400. The number of benzene rings is 1. The van der Waals surface area contributed by atoms with Gasteiger partial charge in [0.25, 0.3) is 0 Å². The molecule has 0 amide bonds. The highest BCUT2D eigenvalue weighted by atomic mass is 79.9. The predicted molar refractivity (Wildman–Crippen MR) is 58.9 cm³/mol. The molecule has 0 atom stereocenters. The van der Waals surface area contributed by atoms with Gasteiger partial charge in [0.1, 0.15) is 19.0 Å². The van der Waals surface area contributed by atoms with E-state index in [-0.39, 0.29) is 12.4 Å². The Balaban J connectivity index is 2.41. The second-order valence-electron chi connectivity index (χ2n) is 3.30. The third kappa shape index (κ3) is 2.14. The molecule has 1 aromatic carbocycles. The van der Waals surface area contributed by atoms with Crippen molar-refractivity contribution in [3.8, 4) is 11.5 Å². The van der Waals surface area contributed by atoms with Crippen molar-refractivity contribution in [2.24, 2.45) is 5.90 Å². The molecule has 0 saturated carbocycles. The Labute approximate surface area is 101 Å². The molecule has 6 heteroatoms. The molecule has 0 spiro atoms. The summed E-state index contributed by atoms with van der Waals surface area (Å²) in [6.07, 6.45) is 0.341. The molecule has 16 heavy (non-hydrogen) atoms. The summed E-state index contributed by atoms with van der Waals surface area (Å²) >= 11 is 3.13. The minimum absolute atomic E-state index is 0.225. The van der Waals surface area contributed by atoms with Gasteiger partial charge in [-0.05, 0) is 15.9 Å². The number of fused-ring (bicyclic) bond motifs is 1. The fourth-order valence-corrected chi connectivity index (χ4v) is 2.03. The number of hydrogen-bond donors (Lipinski definition) is 1. The Bertz CT molecular complexity index is 400. The second kappa shape index (κ2) is 4.99. The minimum atomic E-state index is -0.360. The number of rotatable bonds is 3. The van der Waals surface area contributed by atoms with E-state index in [0.717, 1.165) is 0 Å². The first-order valence-electron chi connectivity index (χ1n) is 4.82. The second-order valence-corrected chi connectivity index (χ2v) is 4.15. The van der Waals surface area contributed by atoms with E-state index in [2.05, 4.69) is 20.8 Å². The van der Waals surface area contributed by atoms with Gasteiger partial charge in [0.15, 0.2) is 11.5 Å². The first-order chi connectivity index (χ1) is 7.74. The van der Waals surface area contributed by atoms with Gasteiger partial charge in [0.05, 0.1) is 11.1 Å². The third-order valence-corrected chi connectivity index (χ3v) is 2.86. The van der Waals surface area contributed by atoms with Crippen LogP contribution in [0.5, 0.6) is 11.5 Å². The van der Waals surface area contributed by atoms with E-state index in [1.165, 1.54) is 0 Å². The number of nitrogens with two attached hydrogens (primary N) is 1. The highest BCUT2D eigenvalue weighted by Crippen LogP contribution is 2.39. The van der Waals surface area contributed by atoms with Gasteiger partial charge < -0.3 is 14.3 Å². The lowest BCUT2D eigenvalue weighted by Crippen LogP contribution is -2.18. The summed E-state index contributed by atoms with van der Waals surface area (Å²) in [6.45, 7) is 1.12.